The lowest BCUT2D eigenvalue weighted by atomic mass is 9.67. The molecule has 0 aliphatic heterocycles. The molecule has 80 heavy (non-hydrogen) atoms. The summed E-state index contributed by atoms with van der Waals surface area (Å²) in [5, 5.41) is 0. The van der Waals surface area contributed by atoms with Gasteiger partial charge in [-0.05, 0) is 147 Å². The van der Waals surface area contributed by atoms with Gasteiger partial charge in [-0.15, -0.1) is 0 Å². The zero-order chi connectivity index (χ0) is 58.7. The summed E-state index contributed by atoms with van der Waals surface area (Å²) in [4.78, 5) is 25.6. The molecule has 0 bridgehead atoms. The first-order valence-corrected chi connectivity index (χ1v) is 32.3. The third kappa shape index (κ3) is 35.2. The summed E-state index contributed by atoms with van der Waals surface area (Å²) in [7, 11) is 0. The van der Waals surface area contributed by atoms with Crippen LogP contribution in [0.4, 0.5) is 0 Å². The fraction of sp³-hybridized carbons (Fsp3) is 0.605. The number of rotatable bonds is 41. The van der Waals surface area contributed by atoms with Crippen LogP contribution in [0, 0.1) is 16.7 Å². The van der Waals surface area contributed by atoms with E-state index in [0.717, 1.165) is 57.8 Å². The molecular weight excluding hydrogens is 977 g/mol. The number of carbonyl (C=O) groups excluding carboxylic acids is 2. The van der Waals surface area contributed by atoms with E-state index in [1.807, 2.05) is 0 Å². The molecule has 0 aromatic rings. The van der Waals surface area contributed by atoms with Gasteiger partial charge in [0.2, 0.25) is 0 Å². The highest BCUT2D eigenvalue weighted by molar-refractivity contribution is 5.70. The summed E-state index contributed by atoms with van der Waals surface area (Å²) in [5.41, 5.74) is 8.58. The van der Waals surface area contributed by atoms with Crippen molar-refractivity contribution < 1.29 is 19.1 Å². The molecular formula is C76H118O4. The summed E-state index contributed by atoms with van der Waals surface area (Å²) in [6.45, 7) is 26.6. The molecule has 0 amide bonds. The number of hydrogen-bond donors (Lipinski definition) is 0. The Morgan fingerprint density at radius 3 is 1.45 bits per heavy atom. The van der Waals surface area contributed by atoms with E-state index >= 15 is 0 Å². The highest BCUT2D eigenvalue weighted by Crippen LogP contribution is 2.44. The first-order chi connectivity index (χ1) is 38.5. The SMILES string of the molecule is CCCCC/C=C\C/C=C\CCCCCCCC(=O)O[C@H]1C=C(C)[C@H](/C=C/C(C)=C/C=C/C(C)=C/C=C/C=C(C)/C=C/C=C(C)/C=C/C2=C(C)C[C@@H](OC(=O)CCCCCCC/C=C\CCCCCCCC)CC2(C)C)C(C)(C)C1. The third-order valence-corrected chi connectivity index (χ3v) is 15.9. The maximum atomic E-state index is 12.8. The molecule has 0 aromatic carbocycles. The Morgan fingerprint density at radius 2 is 0.938 bits per heavy atom. The van der Waals surface area contributed by atoms with E-state index in [9.17, 15) is 9.59 Å². The maximum Gasteiger partial charge on any atom is 0.306 e. The molecule has 0 radical (unpaired) electrons. The van der Waals surface area contributed by atoms with Gasteiger partial charge in [0, 0.05) is 25.2 Å². The van der Waals surface area contributed by atoms with E-state index in [0.29, 0.717) is 12.8 Å². The Balaban J connectivity index is 1.72. The number of hydrogen-bond acceptors (Lipinski definition) is 4. The number of esters is 2. The molecule has 0 fully saturated rings. The quantitative estimate of drug-likeness (QED) is 0.0265. The second-order valence-electron chi connectivity index (χ2n) is 25.0. The van der Waals surface area contributed by atoms with E-state index in [1.54, 1.807) is 0 Å². The number of ether oxygens (including phenoxy) is 2. The minimum absolute atomic E-state index is 0.0163. The Labute approximate surface area is 493 Å². The summed E-state index contributed by atoms with van der Waals surface area (Å²) >= 11 is 0. The minimum Gasteiger partial charge on any atom is -0.462 e. The molecule has 0 saturated carbocycles. The van der Waals surface area contributed by atoms with Crippen LogP contribution in [-0.2, 0) is 19.1 Å². The predicted molar refractivity (Wildman–Crippen MR) is 351 cm³/mol. The molecule has 0 N–H and O–H groups in total. The third-order valence-electron chi connectivity index (χ3n) is 15.9. The standard InChI is InChI=1S/C76H118O4/c1-13-15-17-19-21-23-25-27-29-31-33-35-37-39-41-53-73(77)79-69-59-67(7)71(75(9,10)61-69)57-55-65(5)51-45-49-63(3)47-43-44-48-64(4)50-46-52-66(6)56-58-72-68(8)60-70(62-76(72,11)12)80-74(78)54-42-40-38-36-34-32-30-28-26-24-22-20-18-16-14-2/h21,23,27-30,43-52,55-59,69-71H,13-20,22,24-26,31-42,53-54,60-62H2,1-12H3/b23-21-,29-27-,30-28-,44-43+,49-45+,50-46+,57-55+,58-56+,63-47+,64-48+,65-51+,66-52+/t69-,70+,71-/m0/s1. The Morgan fingerprint density at radius 1 is 0.512 bits per heavy atom. The highest BCUT2D eigenvalue weighted by atomic mass is 16.5. The van der Waals surface area contributed by atoms with Crippen LogP contribution < -0.4 is 0 Å². The minimum atomic E-state index is -0.157. The van der Waals surface area contributed by atoms with Crippen molar-refractivity contribution in [3.8, 4) is 0 Å². The van der Waals surface area contributed by atoms with Crippen LogP contribution in [0.1, 0.15) is 269 Å². The highest BCUT2D eigenvalue weighted by Gasteiger charge is 2.37. The normalized spacial score (nSPS) is 19.8. The molecule has 446 valence electrons. The van der Waals surface area contributed by atoms with Crippen molar-refractivity contribution in [2.24, 2.45) is 16.7 Å². The molecule has 0 aromatic heterocycles. The van der Waals surface area contributed by atoms with E-state index < -0.39 is 0 Å². The van der Waals surface area contributed by atoms with Gasteiger partial charge in [-0.25, -0.2) is 0 Å². The number of allylic oxidation sites excluding steroid dienone is 26. The van der Waals surface area contributed by atoms with Gasteiger partial charge >= 0.3 is 11.9 Å². The van der Waals surface area contributed by atoms with Gasteiger partial charge in [0.1, 0.15) is 12.2 Å². The zero-order valence-electron chi connectivity index (χ0n) is 53.5. The Hall–Kier alpha value is -4.70. The van der Waals surface area contributed by atoms with E-state index in [4.69, 9.17) is 9.47 Å². The largest absolute Gasteiger partial charge is 0.462 e. The van der Waals surface area contributed by atoms with Crippen molar-refractivity contribution in [3.63, 3.8) is 0 Å². The summed E-state index contributed by atoms with van der Waals surface area (Å²) < 4.78 is 12.0. The summed E-state index contributed by atoms with van der Waals surface area (Å²) in [6, 6.07) is 0. The van der Waals surface area contributed by atoms with Gasteiger partial charge in [-0.3, -0.25) is 9.59 Å². The molecule has 4 heteroatoms. The molecule has 2 aliphatic rings. The fourth-order valence-electron chi connectivity index (χ4n) is 11.1. The average molecular weight is 1100 g/mol. The van der Waals surface area contributed by atoms with Crippen LogP contribution in [-0.4, -0.2) is 24.1 Å². The van der Waals surface area contributed by atoms with Gasteiger partial charge in [-0.1, -0.05) is 280 Å². The molecule has 4 nitrogen and oxygen atoms in total. The molecule has 0 spiro atoms. The molecule has 3 atom stereocenters. The van der Waals surface area contributed by atoms with E-state index in [1.165, 1.54) is 155 Å². The number of unbranched alkanes of at least 4 members (excludes halogenated alkanes) is 19. The molecule has 0 saturated heterocycles. The van der Waals surface area contributed by atoms with Crippen molar-refractivity contribution in [2.75, 3.05) is 0 Å². The second kappa shape index (κ2) is 44.0. The lowest BCUT2D eigenvalue weighted by molar-refractivity contribution is -0.151. The average Bonchev–Trinajstić information content (AvgIpc) is 3.40. The van der Waals surface area contributed by atoms with Crippen LogP contribution in [0.15, 0.2) is 167 Å². The lowest BCUT2D eigenvalue weighted by Crippen LogP contribution is -2.34. The fourth-order valence-corrected chi connectivity index (χ4v) is 11.1. The van der Waals surface area contributed by atoms with Gasteiger partial charge in [0.25, 0.3) is 0 Å². The lowest BCUT2D eigenvalue weighted by Gasteiger charge is -2.40. The zero-order valence-corrected chi connectivity index (χ0v) is 53.5. The second-order valence-corrected chi connectivity index (χ2v) is 25.0. The van der Waals surface area contributed by atoms with Crippen molar-refractivity contribution in [1.82, 2.24) is 0 Å². The summed E-state index contributed by atoms with van der Waals surface area (Å²) in [6.07, 6.45) is 79.0. The van der Waals surface area contributed by atoms with Crippen molar-refractivity contribution >= 4 is 11.9 Å². The van der Waals surface area contributed by atoms with Crippen LogP contribution in [0.25, 0.3) is 0 Å². The topological polar surface area (TPSA) is 52.6 Å². The Kier molecular flexibility index (Phi) is 39.2. The maximum absolute atomic E-state index is 12.8. The van der Waals surface area contributed by atoms with Gasteiger partial charge < -0.3 is 9.47 Å². The van der Waals surface area contributed by atoms with Crippen molar-refractivity contribution in [2.45, 2.75) is 281 Å². The van der Waals surface area contributed by atoms with Crippen LogP contribution >= 0.6 is 0 Å². The number of carbonyl (C=O) groups is 2. The molecule has 2 aliphatic carbocycles. The van der Waals surface area contributed by atoms with Gasteiger partial charge in [0.15, 0.2) is 0 Å². The van der Waals surface area contributed by atoms with Crippen LogP contribution in [0.2, 0.25) is 0 Å². The van der Waals surface area contributed by atoms with E-state index in [2.05, 4.69) is 211 Å². The van der Waals surface area contributed by atoms with Gasteiger partial charge in [-0.2, -0.15) is 0 Å². The molecule has 2 rings (SSSR count). The van der Waals surface area contributed by atoms with Crippen LogP contribution in [0.5, 0.6) is 0 Å². The van der Waals surface area contributed by atoms with E-state index in [-0.39, 0.29) is 40.9 Å². The first kappa shape index (κ1) is 71.4. The molecule has 0 heterocycles. The Bertz CT molecular complexity index is 2190. The summed E-state index contributed by atoms with van der Waals surface area (Å²) in [5.74, 6) is 0.187. The first-order valence-electron chi connectivity index (χ1n) is 32.3. The smallest absolute Gasteiger partial charge is 0.306 e. The van der Waals surface area contributed by atoms with Gasteiger partial charge in [0.05, 0.1) is 0 Å². The van der Waals surface area contributed by atoms with Crippen molar-refractivity contribution in [1.29, 1.82) is 0 Å². The predicted octanol–water partition coefficient (Wildman–Crippen LogP) is 23.4. The van der Waals surface area contributed by atoms with Crippen LogP contribution in [0.3, 0.4) is 0 Å². The molecule has 0 unspecified atom stereocenters. The van der Waals surface area contributed by atoms with Crippen molar-refractivity contribution in [3.05, 3.63) is 167 Å². The monoisotopic (exact) mass is 1090 g/mol.